The van der Waals surface area contributed by atoms with Crippen LogP contribution in [0.25, 0.3) is 0 Å². The molecule has 0 bridgehead atoms. The average molecular weight is 388 g/mol. The van der Waals surface area contributed by atoms with Crippen LogP contribution in [-0.2, 0) is 28.5 Å². The first-order valence-electron chi connectivity index (χ1n) is 10.6. The Morgan fingerprint density at radius 3 is 2.61 bits per heavy atom. The van der Waals surface area contributed by atoms with E-state index in [0.29, 0.717) is 11.5 Å². The van der Waals surface area contributed by atoms with Gasteiger partial charge in [-0.2, -0.15) is 0 Å². The molecule has 3 aliphatic carbocycles. The molecule has 3 heterocycles. The molecule has 6 nitrogen and oxygen atoms in total. The molecule has 0 unspecified atom stereocenters. The molecule has 0 N–H and O–H groups in total. The van der Waals surface area contributed by atoms with Crippen molar-refractivity contribution >= 4 is 11.9 Å². The third-order valence-corrected chi connectivity index (χ3v) is 9.08. The van der Waals surface area contributed by atoms with Gasteiger partial charge in [0, 0.05) is 29.4 Å². The van der Waals surface area contributed by atoms with E-state index < -0.39 is 5.79 Å². The SMILES string of the molecule is CC(=O)O[C@H]1CC[C@]2(C)[C@H](CC[C@@]34O[C@@H]3C3=C(C)C(=O)O[C@@]35O[C@H]5[C@@H]24)C1(C)C. The van der Waals surface area contributed by atoms with Crippen molar-refractivity contribution in [1.82, 2.24) is 0 Å². The molecule has 0 aromatic carbocycles. The fraction of sp³-hybridized carbons (Fsp3) is 0.818. The Morgan fingerprint density at radius 1 is 1.14 bits per heavy atom. The zero-order valence-electron chi connectivity index (χ0n) is 17.2. The van der Waals surface area contributed by atoms with Crippen molar-refractivity contribution in [3.8, 4) is 0 Å². The summed E-state index contributed by atoms with van der Waals surface area (Å²) in [5.41, 5.74) is 1.29. The molecule has 6 heteroatoms. The van der Waals surface area contributed by atoms with E-state index in [0.717, 1.165) is 31.3 Å². The number of esters is 2. The van der Waals surface area contributed by atoms with Gasteiger partial charge in [0.25, 0.3) is 5.79 Å². The van der Waals surface area contributed by atoms with Gasteiger partial charge < -0.3 is 18.9 Å². The predicted molar refractivity (Wildman–Crippen MR) is 96.9 cm³/mol. The molecule has 152 valence electrons. The van der Waals surface area contributed by atoms with Gasteiger partial charge in [0.2, 0.25) is 0 Å². The number of hydrogen-bond donors (Lipinski definition) is 0. The summed E-state index contributed by atoms with van der Waals surface area (Å²) < 4.78 is 24.1. The van der Waals surface area contributed by atoms with Crippen LogP contribution < -0.4 is 0 Å². The van der Waals surface area contributed by atoms with Gasteiger partial charge in [0.15, 0.2) is 0 Å². The normalized spacial score (nSPS) is 54.5. The third-order valence-electron chi connectivity index (χ3n) is 9.08. The molecule has 3 aliphatic heterocycles. The smallest absolute Gasteiger partial charge is 0.336 e. The van der Waals surface area contributed by atoms with Crippen molar-refractivity contribution in [1.29, 1.82) is 0 Å². The second-order valence-corrected chi connectivity index (χ2v) is 10.6. The van der Waals surface area contributed by atoms with Gasteiger partial charge in [-0.1, -0.05) is 20.8 Å². The summed E-state index contributed by atoms with van der Waals surface area (Å²) in [6.45, 7) is 10.2. The highest BCUT2D eigenvalue weighted by molar-refractivity contribution is 5.93. The van der Waals surface area contributed by atoms with E-state index in [9.17, 15) is 9.59 Å². The summed E-state index contributed by atoms with van der Waals surface area (Å²) in [4.78, 5) is 23.9. The van der Waals surface area contributed by atoms with Gasteiger partial charge in [-0.05, 0) is 43.9 Å². The van der Waals surface area contributed by atoms with Crippen molar-refractivity contribution in [2.75, 3.05) is 0 Å². The lowest BCUT2D eigenvalue weighted by Crippen LogP contribution is -2.62. The lowest BCUT2D eigenvalue weighted by Gasteiger charge is -2.61. The average Bonchev–Trinajstić information content (AvgIpc) is 3.45. The summed E-state index contributed by atoms with van der Waals surface area (Å²) in [6, 6.07) is 0. The minimum absolute atomic E-state index is 0.00422. The standard InChI is InChI=1S/C22H28O6/c1-10-14-16-21(26-16)9-6-12-19(3,4)13(25-11(2)23)7-8-20(12,5)15(21)17-22(14,27-17)28-18(10)24/h12-13,15-17H,6-9H2,1-5H3/t12-,13+,15+,16-,17+,20-,21+,22+/m1/s1. The second-order valence-electron chi connectivity index (χ2n) is 10.6. The van der Waals surface area contributed by atoms with E-state index >= 15 is 0 Å². The van der Waals surface area contributed by atoms with Crippen LogP contribution in [-0.4, -0.2) is 41.6 Å². The minimum Gasteiger partial charge on any atom is -0.462 e. The number of epoxide rings is 2. The van der Waals surface area contributed by atoms with Crippen LogP contribution in [0.4, 0.5) is 0 Å². The zero-order valence-corrected chi connectivity index (χ0v) is 17.2. The third kappa shape index (κ3) is 1.71. The summed E-state index contributed by atoms with van der Waals surface area (Å²) in [5.74, 6) is -0.738. The van der Waals surface area contributed by atoms with E-state index in [2.05, 4.69) is 20.8 Å². The minimum atomic E-state index is -0.863. The fourth-order valence-corrected chi connectivity index (χ4v) is 7.91. The molecule has 0 aromatic heterocycles. The van der Waals surface area contributed by atoms with Crippen LogP contribution in [0, 0.1) is 22.7 Å². The van der Waals surface area contributed by atoms with Crippen molar-refractivity contribution in [3.63, 3.8) is 0 Å². The molecule has 6 rings (SSSR count). The molecule has 2 spiro atoms. The van der Waals surface area contributed by atoms with E-state index in [-0.39, 0.29) is 52.6 Å². The zero-order chi connectivity index (χ0) is 19.9. The van der Waals surface area contributed by atoms with Crippen molar-refractivity contribution in [3.05, 3.63) is 11.1 Å². The number of fused-ring (bicyclic) bond motifs is 4. The van der Waals surface area contributed by atoms with Crippen molar-refractivity contribution < 1.29 is 28.5 Å². The van der Waals surface area contributed by atoms with Crippen LogP contribution in [0.1, 0.15) is 60.3 Å². The van der Waals surface area contributed by atoms with Gasteiger partial charge in [-0.25, -0.2) is 4.79 Å². The molecule has 2 saturated heterocycles. The Morgan fingerprint density at radius 2 is 1.89 bits per heavy atom. The molecule has 8 atom stereocenters. The number of rotatable bonds is 1. The lowest BCUT2D eigenvalue weighted by atomic mass is 9.43. The van der Waals surface area contributed by atoms with Crippen LogP contribution in [0.2, 0.25) is 0 Å². The maximum atomic E-state index is 12.3. The molecule has 0 radical (unpaired) electrons. The largest absolute Gasteiger partial charge is 0.462 e. The summed E-state index contributed by atoms with van der Waals surface area (Å²) in [6.07, 6.45) is 3.58. The number of ether oxygens (including phenoxy) is 4. The maximum absolute atomic E-state index is 12.3. The Kier molecular flexibility index (Phi) is 2.91. The quantitative estimate of drug-likeness (QED) is 0.508. The van der Waals surface area contributed by atoms with Gasteiger partial charge in [-0.15, -0.1) is 0 Å². The highest BCUT2D eigenvalue weighted by Crippen LogP contribution is 2.78. The monoisotopic (exact) mass is 388 g/mol. The topological polar surface area (TPSA) is 77.7 Å². The Labute approximate surface area is 164 Å². The molecular formula is C22H28O6. The van der Waals surface area contributed by atoms with E-state index in [1.54, 1.807) is 0 Å². The summed E-state index contributed by atoms with van der Waals surface area (Å²) in [7, 11) is 0. The van der Waals surface area contributed by atoms with Crippen LogP contribution in [0.5, 0.6) is 0 Å². The predicted octanol–water partition coefficient (Wildman–Crippen LogP) is 2.89. The molecule has 0 aromatic rings. The Balaban J connectivity index is 1.40. The van der Waals surface area contributed by atoms with Gasteiger partial charge in [0.1, 0.15) is 23.9 Å². The second kappa shape index (κ2) is 4.67. The van der Waals surface area contributed by atoms with Crippen LogP contribution in [0.3, 0.4) is 0 Å². The van der Waals surface area contributed by atoms with Gasteiger partial charge >= 0.3 is 11.9 Å². The van der Waals surface area contributed by atoms with E-state index in [1.807, 2.05) is 6.92 Å². The number of carbonyl (C=O) groups is 2. The highest BCUT2D eigenvalue weighted by atomic mass is 16.8. The molecule has 0 amide bonds. The highest BCUT2D eigenvalue weighted by Gasteiger charge is 2.88. The van der Waals surface area contributed by atoms with Crippen molar-refractivity contribution in [2.45, 2.75) is 90.0 Å². The first-order valence-corrected chi connectivity index (χ1v) is 10.6. The van der Waals surface area contributed by atoms with E-state index in [4.69, 9.17) is 18.9 Å². The van der Waals surface area contributed by atoms with E-state index in [1.165, 1.54) is 6.92 Å². The molecular weight excluding hydrogens is 360 g/mol. The molecule has 5 fully saturated rings. The maximum Gasteiger partial charge on any atom is 0.336 e. The van der Waals surface area contributed by atoms with Crippen molar-refractivity contribution in [2.24, 2.45) is 22.7 Å². The van der Waals surface area contributed by atoms with Gasteiger partial charge in [0.05, 0.1) is 0 Å². The fourth-order valence-electron chi connectivity index (χ4n) is 7.91. The van der Waals surface area contributed by atoms with Crippen LogP contribution >= 0.6 is 0 Å². The summed E-state index contributed by atoms with van der Waals surface area (Å²) >= 11 is 0. The summed E-state index contributed by atoms with van der Waals surface area (Å²) in [5, 5.41) is 0. The first-order chi connectivity index (χ1) is 13.1. The molecule has 28 heavy (non-hydrogen) atoms. The van der Waals surface area contributed by atoms with Crippen LogP contribution in [0.15, 0.2) is 11.1 Å². The lowest BCUT2D eigenvalue weighted by molar-refractivity contribution is -0.186. The number of hydrogen-bond acceptors (Lipinski definition) is 6. The van der Waals surface area contributed by atoms with Gasteiger partial charge in [-0.3, -0.25) is 4.79 Å². The Bertz CT molecular complexity index is 859. The Hall–Kier alpha value is -1.40. The first kappa shape index (κ1) is 17.5. The molecule has 3 saturated carbocycles. The number of carbonyl (C=O) groups excluding carboxylic acids is 2. The molecule has 6 aliphatic rings.